The summed E-state index contributed by atoms with van der Waals surface area (Å²) in [5.74, 6) is 0.0164. The van der Waals surface area contributed by atoms with Gasteiger partial charge in [0.2, 0.25) is 15.9 Å². The molecule has 0 spiro atoms. The van der Waals surface area contributed by atoms with Crippen molar-refractivity contribution in [1.82, 2.24) is 5.32 Å². The molecule has 0 atom stereocenters. The van der Waals surface area contributed by atoms with Gasteiger partial charge in [0, 0.05) is 18.4 Å². The van der Waals surface area contributed by atoms with Crippen LogP contribution in [0, 0.1) is 0 Å². The lowest BCUT2D eigenvalue weighted by Crippen LogP contribution is -2.45. The molecule has 3 N–H and O–H groups in total. The average Bonchev–Trinajstić information content (AvgIpc) is 2.59. The van der Waals surface area contributed by atoms with E-state index in [2.05, 4.69) is 17.4 Å². The number of aryl methyl sites for hydroxylation is 1. The second-order valence-electron chi connectivity index (χ2n) is 6.97. The Morgan fingerprint density at radius 2 is 1.69 bits per heavy atom. The van der Waals surface area contributed by atoms with Gasteiger partial charge in [0.05, 0.1) is 4.90 Å². The SMILES string of the molecule is NS(=O)(=O)c1ccc(CCC(=O)NCC2(c3ccccc3)CCC2)cc1. The molecular weight excluding hydrogens is 348 g/mol. The summed E-state index contributed by atoms with van der Waals surface area (Å²) in [7, 11) is -3.68. The fraction of sp³-hybridized carbons (Fsp3) is 0.350. The maximum atomic E-state index is 12.2. The molecule has 0 unspecified atom stereocenters. The molecule has 2 aromatic rings. The summed E-state index contributed by atoms with van der Waals surface area (Å²) >= 11 is 0. The van der Waals surface area contributed by atoms with Crippen molar-refractivity contribution in [3.8, 4) is 0 Å². The van der Waals surface area contributed by atoms with Gasteiger partial charge in [-0.25, -0.2) is 13.6 Å². The summed E-state index contributed by atoms with van der Waals surface area (Å²) in [6.07, 6.45) is 4.34. The Labute approximate surface area is 154 Å². The molecule has 0 saturated heterocycles. The Hall–Kier alpha value is -2.18. The lowest BCUT2D eigenvalue weighted by atomic mass is 9.64. The van der Waals surface area contributed by atoms with Crippen LogP contribution in [0.5, 0.6) is 0 Å². The second-order valence-corrected chi connectivity index (χ2v) is 8.53. The monoisotopic (exact) mass is 372 g/mol. The predicted octanol–water partition coefficient (Wildman–Crippen LogP) is 2.50. The molecule has 2 aromatic carbocycles. The predicted molar refractivity (Wildman–Crippen MR) is 101 cm³/mol. The highest BCUT2D eigenvalue weighted by Crippen LogP contribution is 2.43. The third-order valence-electron chi connectivity index (χ3n) is 5.21. The number of nitrogens with one attached hydrogen (secondary N) is 1. The molecule has 0 heterocycles. The molecule has 6 heteroatoms. The number of nitrogens with two attached hydrogens (primary N) is 1. The number of sulfonamides is 1. The first-order valence-electron chi connectivity index (χ1n) is 8.83. The van der Waals surface area contributed by atoms with Gasteiger partial charge in [-0.15, -0.1) is 0 Å². The average molecular weight is 372 g/mol. The number of rotatable bonds is 7. The van der Waals surface area contributed by atoms with Crippen molar-refractivity contribution in [3.05, 3.63) is 65.7 Å². The van der Waals surface area contributed by atoms with Crippen molar-refractivity contribution in [3.63, 3.8) is 0 Å². The van der Waals surface area contributed by atoms with Crippen molar-refractivity contribution in [2.24, 2.45) is 5.14 Å². The van der Waals surface area contributed by atoms with Crippen LogP contribution in [-0.4, -0.2) is 20.9 Å². The van der Waals surface area contributed by atoms with Crippen LogP contribution in [0.2, 0.25) is 0 Å². The van der Waals surface area contributed by atoms with Crippen LogP contribution in [0.25, 0.3) is 0 Å². The molecule has 0 bridgehead atoms. The van der Waals surface area contributed by atoms with Crippen LogP contribution in [-0.2, 0) is 26.7 Å². The summed E-state index contributed by atoms with van der Waals surface area (Å²) in [6, 6.07) is 16.7. The van der Waals surface area contributed by atoms with Crippen molar-refractivity contribution < 1.29 is 13.2 Å². The summed E-state index contributed by atoms with van der Waals surface area (Å²) < 4.78 is 22.5. The first-order valence-corrected chi connectivity index (χ1v) is 10.4. The minimum Gasteiger partial charge on any atom is -0.355 e. The van der Waals surface area contributed by atoms with Gasteiger partial charge in [0.25, 0.3) is 0 Å². The van der Waals surface area contributed by atoms with E-state index in [9.17, 15) is 13.2 Å². The van der Waals surface area contributed by atoms with Crippen LogP contribution in [0.15, 0.2) is 59.5 Å². The molecular formula is C20H24N2O3S. The maximum Gasteiger partial charge on any atom is 0.238 e. The molecule has 3 rings (SSSR count). The van der Waals surface area contributed by atoms with E-state index in [4.69, 9.17) is 5.14 Å². The number of hydrogen-bond donors (Lipinski definition) is 2. The van der Waals surface area contributed by atoms with E-state index in [1.807, 2.05) is 18.2 Å². The standard InChI is InChI=1S/C20H24N2O3S/c21-26(24,25)18-10-7-16(8-11-18)9-12-19(23)22-15-20(13-4-14-20)17-5-2-1-3-6-17/h1-3,5-8,10-11H,4,9,12-15H2,(H,22,23)(H2,21,24,25). The molecule has 1 aliphatic rings. The van der Waals surface area contributed by atoms with Crippen molar-refractivity contribution >= 4 is 15.9 Å². The van der Waals surface area contributed by atoms with Gasteiger partial charge in [-0.3, -0.25) is 4.79 Å². The highest BCUT2D eigenvalue weighted by atomic mass is 32.2. The van der Waals surface area contributed by atoms with Gasteiger partial charge in [-0.1, -0.05) is 48.9 Å². The quantitative estimate of drug-likeness (QED) is 0.782. The van der Waals surface area contributed by atoms with Crippen molar-refractivity contribution in [2.75, 3.05) is 6.54 Å². The van der Waals surface area contributed by atoms with Crippen LogP contribution in [0.3, 0.4) is 0 Å². The van der Waals surface area contributed by atoms with E-state index >= 15 is 0 Å². The Kier molecular flexibility index (Phi) is 5.44. The first-order chi connectivity index (χ1) is 12.4. The van der Waals surface area contributed by atoms with E-state index < -0.39 is 10.0 Å². The topological polar surface area (TPSA) is 89.3 Å². The molecule has 1 aliphatic carbocycles. The molecule has 0 aliphatic heterocycles. The first kappa shape index (κ1) is 18.6. The van der Waals surface area contributed by atoms with Crippen LogP contribution < -0.4 is 10.5 Å². The Morgan fingerprint density at radius 1 is 1.04 bits per heavy atom. The van der Waals surface area contributed by atoms with Crippen molar-refractivity contribution in [2.45, 2.75) is 42.4 Å². The van der Waals surface area contributed by atoms with E-state index in [0.29, 0.717) is 19.4 Å². The highest BCUT2D eigenvalue weighted by molar-refractivity contribution is 7.89. The molecule has 1 fully saturated rings. The zero-order valence-electron chi connectivity index (χ0n) is 14.6. The zero-order valence-corrected chi connectivity index (χ0v) is 15.5. The lowest BCUT2D eigenvalue weighted by Gasteiger charge is -2.42. The number of primary sulfonamides is 1. The van der Waals surface area contributed by atoms with Crippen molar-refractivity contribution in [1.29, 1.82) is 0 Å². The van der Waals surface area contributed by atoms with Gasteiger partial charge < -0.3 is 5.32 Å². The van der Waals surface area contributed by atoms with E-state index in [1.54, 1.807) is 12.1 Å². The van der Waals surface area contributed by atoms with Crippen LogP contribution >= 0.6 is 0 Å². The fourth-order valence-electron chi connectivity index (χ4n) is 3.42. The third-order valence-corrected chi connectivity index (χ3v) is 6.14. The maximum absolute atomic E-state index is 12.2. The molecule has 0 radical (unpaired) electrons. The Balaban J connectivity index is 1.51. The lowest BCUT2D eigenvalue weighted by molar-refractivity contribution is -0.121. The van der Waals surface area contributed by atoms with Crippen LogP contribution in [0.4, 0.5) is 0 Å². The van der Waals surface area contributed by atoms with Gasteiger partial charge in [0.1, 0.15) is 0 Å². The zero-order chi connectivity index (χ0) is 18.6. The van der Waals surface area contributed by atoms with E-state index in [-0.39, 0.29) is 16.2 Å². The largest absolute Gasteiger partial charge is 0.355 e. The molecule has 0 aromatic heterocycles. The van der Waals surface area contributed by atoms with Crippen LogP contribution in [0.1, 0.15) is 36.8 Å². The molecule has 1 amide bonds. The number of carbonyl (C=O) groups is 1. The Morgan fingerprint density at radius 3 is 2.23 bits per heavy atom. The molecule has 5 nitrogen and oxygen atoms in total. The molecule has 1 saturated carbocycles. The molecule has 26 heavy (non-hydrogen) atoms. The number of benzene rings is 2. The molecule has 138 valence electrons. The number of amides is 1. The number of hydrogen-bond acceptors (Lipinski definition) is 3. The number of carbonyl (C=O) groups excluding carboxylic acids is 1. The normalized spacial score (nSPS) is 15.9. The summed E-state index contributed by atoms with van der Waals surface area (Å²) in [5.41, 5.74) is 2.28. The van der Waals surface area contributed by atoms with E-state index in [0.717, 1.165) is 18.4 Å². The smallest absolute Gasteiger partial charge is 0.238 e. The fourth-order valence-corrected chi connectivity index (χ4v) is 3.94. The summed E-state index contributed by atoms with van der Waals surface area (Å²) in [6.45, 7) is 0.667. The minimum absolute atomic E-state index is 0.0164. The van der Waals surface area contributed by atoms with Gasteiger partial charge in [0.15, 0.2) is 0 Å². The summed E-state index contributed by atoms with van der Waals surface area (Å²) in [4.78, 5) is 12.3. The van der Waals surface area contributed by atoms with E-state index in [1.165, 1.54) is 24.1 Å². The highest BCUT2D eigenvalue weighted by Gasteiger charge is 2.38. The van der Waals surface area contributed by atoms with Gasteiger partial charge in [-0.05, 0) is 42.5 Å². The van der Waals surface area contributed by atoms with Gasteiger partial charge >= 0.3 is 0 Å². The Bertz CT molecular complexity index is 858. The van der Waals surface area contributed by atoms with Gasteiger partial charge in [-0.2, -0.15) is 0 Å². The minimum atomic E-state index is -3.68. The second kappa shape index (κ2) is 7.60. The third kappa shape index (κ3) is 4.31. The summed E-state index contributed by atoms with van der Waals surface area (Å²) in [5, 5.41) is 8.16.